The average molecular weight is 649 g/mol. The molecule has 268 valence electrons. The minimum Gasteiger partial charge on any atom is -0.462 e. The zero-order valence-electron chi connectivity index (χ0n) is 30.3. The zero-order chi connectivity index (χ0) is 33.8. The number of hydrogen-bond acceptors (Lipinski definition) is 6. The molecule has 0 amide bonds. The van der Waals surface area contributed by atoms with Gasteiger partial charge in [-0.3, -0.25) is 14.4 Å². The lowest BCUT2D eigenvalue weighted by molar-refractivity contribution is -0.167. The number of hydrogen-bond donors (Lipinski definition) is 0. The molecule has 6 heteroatoms. The molecule has 0 aliphatic rings. The second kappa shape index (κ2) is 35.7. The van der Waals surface area contributed by atoms with E-state index in [1.165, 1.54) is 77.0 Å². The first-order valence-corrected chi connectivity index (χ1v) is 19.3. The van der Waals surface area contributed by atoms with Gasteiger partial charge in [0.2, 0.25) is 0 Å². The van der Waals surface area contributed by atoms with E-state index in [0.29, 0.717) is 19.3 Å². The molecule has 0 saturated heterocycles. The maximum Gasteiger partial charge on any atom is 0.306 e. The molecule has 0 aliphatic carbocycles. The Morgan fingerprint density at radius 3 is 1.26 bits per heavy atom. The Hall–Kier alpha value is -2.11. The van der Waals surface area contributed by atoms with E-state index in [9.17, 15) is 14.4 Å². The van der Waals surface area contributed by atoms with Gasteiger partial charge in [-0.15, -0.1) is 0 Å². The number of carbonyl (C=O) groups excluding carboxylic acids is 3. The Morgan fingerprint density at radius 2 is 0.804 bits per heavy atom. The molecule has 0 saturated carbocycles. The first-order chi connectivity index (χ1) is 22.5. The summed E-state index contributed by atoms with van der Waals surface area (Å²) in [4.78, 5) is 37.2. The van der Waals surface area contributed by atoms with Crippen molar-refractivity contribution in [2.45, 2.75) is 200 Å². The van der Waals surface area contributed by atoms with Crippen molar-refractivity contribution in [1.29, 1.82) is 0 Å². The Kier molecular flexibility index (Phi) is 34.1. The summed E-state index contributed by atoms with van der Waals surface area (Å²) < 4.78 is 16.5. The first kappa shape index (κ1) is 43.9. The van der Waals surface area contributed by atoms with Crippen LogP contribution in [0.4, 0.5) is 0 Å². The summed E-state index contributed by atoms with van der Waals surface area (Å²) in [5.74, 6) is -0.906. The van der Waals surface area contributed by atoms with Crippen molar-refractivity contribution in [3.63, 3.8) is 0 Å². The summed E-state index contributed by atoms with van der Waals surface area (Å²) in [5, 5.41) is 0. The van der Waals surface area contributed by atoms with E-state index in [4.69, 9.17) is 14.2 Å². The predicted octanol–water partition coefficient (Wildman–Crippen LogP) is 11.7. The summed E-state index contributed by atoms with van der Waals surface area (Å²) in [7, 11) is 0. The summed E-state index contributed by atoms with van der Waals surface area (Å²) in [6.45, 7) is 6.47. The van der Waals surface area contributed by atoms with Crippen molar-refractivity contribution in [2.75, 3.05) is 13.2 Å². The fourth-order valence-corrected chi connectivity index (χ4v) is 5.22. The maximum atomic E-state index is 12.5. The van der Waals surface area contributed by atoms with Gasteiger partial charge in [-0.1, -0.05) is 154 Å². The first-order valence-electron chi connectivity index (χ1n) is 19.3. The van der Waals surface area contributed by atoms with Crippen molar-refractivity contribution < 1.29 is 28.6 Å². The Balaban J connectivity index is 4.30. The van der Waals surface area contributed by atoms with Crippen LogP contribution in [0.25, 0.3) is 0 Å². The van der Waals surface area contributed by atoms with Crippen LogP contribution < -0.4 is 0 Å². The quantitative estimate of drug-likeness (QED) is 0.0299. The predicted molar refractivity (Wildman–Crippen MR) is 192 cm³/mol. The fraction of sp³-hybridized carbons (Fsp3) is 0.825. The average Bonchev–Trinajstić information content (AvgIpc) is 3.05. The smallest absolute Gasteiger partial charge is 0.306 e. The molecule has 6 nitrogen and oxygen atoms in total. The summed E-state index contributed by atoms with van der Waals surface area (Å²) in [5.41, 5.74) is 0. The van der Waals surface area contributed by atoms with Gasteiger partial charge in [0.25, 0.3) is 0 Å². The highest BCUT2D eigenvalue weighted by Crippen LogP contribution is 2.13. The van der Waals surface area contributed by atoms with E-state index in [1.807, 2.05) is 0 Å². The van der Waals surface area contributed by atoms with E-state index >= 15 is 0 Å². The molecule has 0 aromatic carbocycles. The minimum absolute atomic E-state index is 0.0744. The van der Waals surface area contributed by atoms with E-state index in [1.54, 1.807) is 0 Å². The number of carbonyl (C=O) groups is 3. The highest BCUT2D eigenvalue weighted by atomic mass is 16.6. The largest absolute Gasteiger partial charge is 0.462 e. The van der Waals surface area contributed by atoms with Crippen LogP contribution in [0, 0.1) is 0 Å². The Labute approximate surface area is 283 Å². The summed E-state index contributed by atoms with van der Waals surface area (Å²) in [6.07, 6.45) is 36.1. The van der Waals surface area contributed by atoms with Gasteiger partial charge < -0.3 is 14.2 Å². The number of ether oxygens (including phenoxy) is 3. The van der Waals surface area contributed by atoms with Crippen LogP contribution in [-0.2, 0) is 28.6 Å². The van der Waals surface area contributed by atoms with Gasteiger partial charge in [0.1, 0.15) is 13.2 Å². The van der Waals surface area contributed by atoms with Crippen LogP contribution in [0.3, 0.4) is 0 Å². The van der Waals surface area contributed by atoms with Crippen molar-refractivity contribution in [3.05, 3.63) is 24.3 Å². The molecule has 0 aliphatic heterocycles. The minimum atomic E-state index is -0.765. The lowest BCUT2D eigenvalue weighted by Crippen LogP contribution is -2.30. The lowest BCUT2D eigenvalue weighted by Gasteiger charge is -2.18. The van der Waals surface area contributed by atoms with Crippen LogP contribution in [0.2, 0.25) is 0 Å². The third-order valence-corrected chi connectivity index (χ3v) is 8.21. The van der Waals surface area contributed by atoms with Gasteiger partial charge in [-0.25, -0.2) is 0 Å². The van der Waals surface area contributed by atoms with Crippen LogP contribution in [0.1, 0.15) is 194 Å². The molecule has 46 heavy (non-hydrogen) atoms. The van der Waals surface area contributed by atoms with E-state index < -0.39 is 6.10 Å². The van der Waals surface area contributed by atoms with Crippen molar-refractivity contribution in [1.82, 2.24) is 0 Å². The van der Waals surface area contributed by atoms with E-state index in [0.717, 1.165) is 77.0 Å². The number of esters is 3. The van der Waals surface area contributed by atoms with Crippen LogP contribution in [0.5, 0.6) is 0 Å². The second-order valence-corrected chi connectivity index (χ2v) is 12.8. The van der Waals surface area contributed by atoms with Gasteiger partial charge >= 0.3 is 17.9 Å². The molecule has 0 fully saturated rings. The van der Waals surface area contributed by atoms with E-state index in [2.05, 4.69) is 45.1 Å². The SMILES string of the molecule is CCCC/C=C\C/C=C\CCCCCCCC(=O)OCC(COC(=O)CCCCCCCCC)OC(=O)CCCCCCCCC. The van der Waals surface area contributed by atoms with Gasteiger partial charge in [-0.2, -0.15) is 0 Å². The van der Waals surface area contributed by atoms with Gasteiger partial charge in [-0.05, 0) is 44.9 Å². The summed E-state index contributed by atoms with van der Waals surface area (Å²) in [6, 6.07) is 0. The van der Waals surface area contributed by atoms with Crippen molar-refractivity contribution in [3.8, 4) is 0 Å². The number of unbranched alkanes of at least 4 members (excludes halogenated alkanes) is 19. The maximum absolute atomic E-state index is 12.5. The molecule has 0 rings (SSSR count). The molecule has 0 heterocycles. The molecule has 0 N–H and O–H groups in total. The third kappa shape index (κ3) is 33.3. The topological polar surface area (TPSA) is 78.9 Å². The van der Waals surface area contributed by atoms with Gasteiger partial charge in [0.15, 0.2) is 6.10 Å². The highest BCUT2D eigenvalue weighted by molar-refractivity contribution is 5.71. The monoisotopic (exact) mass is 649 g/mol. The number of rotatable bonds is 34. The molecule has 0 radical (unpaired) electrons. The molecule has 1 unspecified atom stereocenters. The Morgan fingerprint density at radius 1 is 0.435 bits per heavy atom. The van der Waals surface area contributed by atoms with E-state index in [-0.39, 0.29) is 31.1 Å². The van der Waals surface area contributed by atoms with Crippen molar-refractivity contribution in [2.24, 2.45) is 0 Å². The van der Waals surface area contributed by atoms with Gasteiger partial charge in [0, 0.05) is 19.3 Å². The summed E-state index contributed by atoms with van der Waals surface area (Å²) >= 11 is 0. The lowest BCUT2D eigenvalue weighted by atomic mass is 10.1. The zero-order valence-corrected chi connectivity index (χ0v) is 30.3. The molecular weight excluding hydrogens is 576 g/mol. The molecule has 0 spiro atoms. The van der Waals surface area contributed by atoms with Crippen LogP contribution in [-0.4, -0.2) is 37.2 Å². The third-order valence-electron chi connectivity index (χ3n) is 8.21. The fourth-order valence-electron chi connectivity index (χ4n) is 5.22. The highest BCUT2D eigenvalue weighted by Gasteiger charge is 2.19. The van der Waals surface area contributed by atoms with Crippen LogP contribution in [0.15, 0.2) is 24.3 Å². The van der Waals surface area contributed by atoms with Crippen LogP contribution >= 0.6 is 0 Å². The molecular formula is C40H72O6. The van der Waals surface area contributed by atoms with Crippen molar-refractivity contribution >= 4 is 17.9 Å². The number of allylic oxidation sites excluding steroid dienone is 4. The van der Waals surface area contributed by atoms with Gasteiger partial charge in [0.05, 0.1) is 0 Å². The standard InChI is InChI=1S/C40H72O6/c1-4-7-10-13-16-17-18-19-20-21-22-25-27-30-33-39(42)45-36-37(46-40(43)34-31-28-24-15-12-9-6-3)35-44-38(41)32-29-26-23-14-11-8-5-2/h13,16,18-19,37H,4-12,14-15,17,20-36H2,1-3H3/b16-13-,19-18-. The normalized spacial score (nSPS) is 12.2. The Bertz CT molecular complexity index is 759. The molecule has 0 bridgehead atoms. The second-order valence-electron chi connectivity index (χ2n) is 12.8. The molecule has 1 atom stereocenters. The molecule has 0 aromatic heterocycles. The molecule has 0 aromatic rings.